The number of hydrogen-bond acceptors (Lipinski definition) is 10. The Morgan fingerprint density at radius 3 is 2.65 bits per heavy atom. The average molecular weight is 553 g/mol. The van der Waals surface area contributed by atoms with Gasteiger partial charge in [-0.2, -0.15) is 15.1 Å². The lowest BCUT2D eigenvalue weighted by Gasteiger charge is -2.39. The van der Waals surface area contributed by atoms with Crippen LogP contribution in [0.1, 0.15) is 69.0 Å². The van der Waals surface area contributed by atoms with E-state index in [-0.39, 0.29) is 18.7 Å². The van der Waals surface area contributed by atoms with Crippen molar-refractivity contribution in [3.05, 3.63) is 35.8 Å². The van der Waals surface area contributed by atoms with Crippen LogP contribution in [0.4, 0.5) is 10.6 Å². The molecular formula is C28H40N8O4. The Morgan fingerprint density at radius 1 is 1.18 bits per heavy atom. The van der Waals surface area contributed by atoms with Gasteiger partial charge in [-0.15, -0.1) is 0 Å². The third-order valence-corrected chi connectivity index (χ3v) is 7.95. The van der Waals surface area contributed by atoms with Crippen molar-refractivity contribution in [3.8, 4) is 6.01 Å². The highest BCUT2D eigenvalue weighted by molar-refractivity contribution is 5.86. The maximum absolute atomic E-state index is 11.4. The lowest BCUT2D eigenvalue weighted by molar-refractivity contribution is 0.0250. The molecule has 0 radical (unpaired) electrons. The van der Waals surface area contributed by atoms with Crippen molar-refractivity contribution in [2.45, 2.75) is 76.4 Å². The van der Waals surface area contributed by atoms with Crippen LogP contribution in [0.25, 0.3) is 11.0 Å². The van der Waals surface area contributed by atoms with E-state index in [1.807, 2.05) is 10.9 Å². The second kappa shape index (κ2) is 13.3. The number of nitrogens with zero attached hydrogens (tertiary/aromatic N) is 6. The molecule has 12 heteroatoms. The largest absolute Gasteiger partial charge is 0.412 e. The molecule has 0 spiro atoms. The summed E-state index contributed by atoms with van der Waals surface area (Å²) in [5, 5.41) is 17.5. The Labute approximate surface area is 234 Å². The summed E-state index contributed by atoms with van der Waals surface area (Å²) in [6.45, 7) is 6.60. The Balaban J connectivity index is 1.30. The van der Waals surface area contributed by atoms with Crippen molar-refractivity contribution in [2.24, 2.45) is 5.73 Å². The molecule has 2 fully saturated rings. The van der Waals surface area contributed by atoms with Crippen LogP contribution in [0.5, 0.6) is 6.01 Å². The number of nitrogens with one attached hydrogen (secondary N) is 1. The van der Waals surface area contributed by atoms with Crippen molar-refractivity contribution in [3.63, 3.8) is 0 Å². The van der Waals surface area contributed by atoms with Gasteiger partial charge in [0.15, 0.2) is 5.82 Å². The molecule has 0 aliphatic carbocycles. The number of primary amides is 1. The minimum Gasteiger partial charge on any atom is -0.396 e. The number of ether oxygens (including phenoxy) is 2. The zero-order valence-corrected chi connectivity index (χ0v) is 23.2. The molecule has 0 unspecified atom stereocenters. The van der Waals surface area contributed by atoms with Crippen molar-refractivity contribution in [2.75, 3.05) is 38.2 Å². The van der Waals surface area contributed by atoms with E-state index in [2.05, 4.69) is 44.3 Å². The molecular weight excluding hydrogens is 512 g/mol. The van der Waals surface area contributed by atoms with E-state index in [1.165, 1.54) is 0 Å². The zero-order valence-electron chi connectivity index (χ0n) is 23.2. The molecule has 12 nitrogen and oxygen atoms in total. The third kappa shape index (κ3) is 6.86. The molecule has 40 heavy (non-hydrogen) atoms. The van der Waals surface area contributed by atoms with Crippen LogP contribution in [0, 0.1) is 0 Å². The Hall–Kier alpha value is -3.35. The summed E-state index contributed by atoms with van der Waals surface area (Å²) in [6.07, 6.45) is 9.42. The highest BCUT2D eigenvalue weighted by atomic mass is 16.6. The van der Waals surface area contributed by atoms with Gasteiger partial charge in [-0.1, -0.05) is 19.4 Å². The quantitative estimate of drug-likeness (QED) is 0.323. The second-order valence-electron chi connectivity index (χ2n) is 10.7. The van der Waals surface area contributed by atoms with Gasteiger partial charge in [-0.3, -0.25) is 9.67 Å². The number of hydrogen-bond donors (Lipinski definition) is 3. The standard InChI is InChI=1S/C28H40N8O4/c1-2-3-21(8-13-37)32-26-25-24(33-28(34-26)40-27(29)38)17-31-36(25)18-19-4-5-23(30-16-19)20-6-11-35(12-7-20)22-9-14-39-15-10-22/h4-5,16-17,20-22,37H,2-3,6-15,18H2,1H3,(H2,29,38)(H,32,33,34)/t21-/m0/s1. The molecule has 2 aliphatic heterocycles. The summed E-state index contributed by atoms with van der Waals surface area (Å²) in [5.41, 5.74) is 8.56. The fourth-order valence-corrected chi connectivity index (χ4v) is 5.87. The predicted octanol–water partition coefficient (Wildman–Crippen LogP) is 3.05. The zero-order chi connectivity index (χ0) is 27.9. The molecule has 5 heterocycles. The number of rotatable bonds is 11. The van der Waals surface area contributed by atoms with Gasteiger partial charge in [-0.05, 0) is 63.2 Å². The first kappa shape index (κ1) is 28.2. The molecule has 0 aromatic carbocycles. The number of pyridine rings is 1. The molecule has 3 aromatic heterocycles. The first-order chi connectivity index (χ1) is 19.5. The fourth-order valence-electron chi connectivity index (χ4n) is 5.87. The first-order valence-corrected chi connectivity index (χ1v) is 14.4. The van der Waals surface area contributed by atoms with Crippen LogP contribution < -0.4 is 15.8 Å². The molecule has 2 aliphatic rings. The molecule has 5 rings (SSSR count). The van der Waals surface area contributed by atoms with Crippen molar-refractivity contribution < 1.29 is 19.4 Å². The number of carbonyl (C=O) groups is 1. The number of carbonyl (C=O) groups excluding carboxylic acids is 1. The Bertz CT molecular complexity index is 1250. The van der Waals surface area contributed by atoms with Crippen LogP contribution in [0.2, 0.25) is 0 Å². The normalized spacial score (nSPS) is 18.1. The number of fused-ring (bicyclic) bond motifs is 1. The van der Waals surface area contributed by atoms with Gasteiger partial charge in [0, 0.05) is 49.7 Å². The summed E-state index contributed by atoms with van der Waals surface area (Å²) >= 11 is 0. The predicted molar refractivity (Wildman–Crippen MR) is 150 cm³/mol. The average Bonchev–Trinajstić information content (AvgIpc) is 3.36. The van der Waals surface area contributed by atoms with E-state index in [9.17, 15) is 9.90 Å². The number of aromatic nitrogens is 5. The van der Waals surface area contributed by atoms with Crippen LogP contribution in [0.15, 0.2) is 24.5 Å². The topological polar surface area (TPSA) is 154 Å². The minimum atomic E-state index is -0.987. The van der Waals surface area contributed by atoms with Crippen LogP contribution in [-0.4, -0.2) is 85.8 Å². The number of anilines is 1. The van der Waals surface area contributed by atoms with E-state index in [0.717, 1.165) is 76.1 Å². The second-order valence-corrected chi connectivity index (χ2v) is 10.7. The number of aliphatic hydroxyl groups is 1. The van der Waals surface area contributed by atoms with E-state index < -0.39 is 6.09 Å². The van der Waals surface area contributed by atoms with Gasteiger partial charge < -0.3 is 30.5 Å². The summed E-state index contributed by atoms with van der Waals surface area (Å²) in [6, 6.07) is 4.76. The van der Waals surface area contributed by atoms with Crippen LogP contribution >= 0.6 is 0 Å². The third-order valence-electron chi connectivity index (χ3n) is 7.95. The molecule has 0 bridgehead atoms. The summed E-state index contributed by atoms with van der Waals surface area (Å²) in [4.78, 5) is 27.6. The molecule has 4 N–H and O–H groups in total. The maximum atomic E-state index is 11.4. The lowest BCUT2D eigenvalue weighted by atomic mass is 9.91. The van der Waals surface area contributed by atoms with Gasteiger partial charge in [0.05, 0.1) is 12.7 Å². The monoisotopic (exact) mass is 552 g/mol. The van der Waals surface area contributed by atoms with Crippen LogP contribution in [-0.2, 0) is 11.3 Å². The highest BCUT2D eigenvalue weighted by Gasteiger charge is 2.27. The molecule has 1 atom stereocenters. The van der Waals surface area contributed by atoms with Gasteiger partial charge in [0.2, 0.25) is 0 Å². The van der Waals surface area contributed by atoms with Gasteiger partial charge in [0.1, 0.15) is 11.0 Å². The Morgan fingerprint density at radius 2 is 1.98 bits per heavy atom. The van der Waals surface area contributed by atoms with Gasteiger partial charge in [0.25, 0.3) is 0 Å². The van der Waals surface area contributed by atoms with E-state index >= 15 is 0 Å². The maximum Gasteiger partial charge on any atom is 0.412 e. The molecule has 1 amide bonds. The van der Waals surface area contributed by atoms with E-state index in [1.54, 1.807) is 6.20 Å². The van der Waals surface area contributed by atoms with E-state index in [0.29, 0.717) is 41.8 Å². The van der Waals surface area contributed by atoms with Crippen molar-refractivity contribution >= 4 is 22.9 Å². The van der Waals surface area contributed by atoms with Gasteiger partial charge >= 0.3 is 12.1 Å². The smallest absolute Gasteiger partial charge is 0.396 e. The summed E-state index contributed by atoms with van der Waals surface area (Å²) < 4.78 is 12.3. The molecule has 216 valence electrons. The summed E-state index contributed by atoms with van der Waals surface area (Å²) in [5.74, 6) is 0.956. The number of amides is 1. The number of aliphatic hydroxyl groups excluding tert-OH is 1. The van der Waals surface area contributed by atoms with Gasteiger partial charge in [-0.25, -0.2) is 4.79 Å². The van der Waals surface area contributed by atoms with Crippen molar-refractivity contribution in [1.29, 1.82) is 0 Å². The SMILES string of the molecule is CCC[C@@H](CCO)Nc1nc(OC(N)=O)nc2cnn(Cc3ccc(C4CCN(C5CCOCC5)CC4)nc3)c12. The summed E-state index contributed by atoms with van der Waals surface area (Å²) in [7, 11) is 0. The Kier molecular flexibility index (Phi) is 9.40. The molecule has 0 saturated carbocycles. The molecule has 2 saturated heterocycles. The first-order valence-electron chi connectivity index (χ1n) is 14.4. The lowest BCUT2D eigenvalue weighted by Crippen LogP contribution is -2.43. The van der Waals surface area contributed by atoms with E-state index in [4.69, 9.17) is 20.2 Å². The fraction of sp³-hybridized carbons (Fsp3) is 0.607. The van der Waals surface area contributed by atoms with Crippen molar-refractivity contribution in [1.82, 2.24) is 29.6 Å². The number of piperidine rings is 1. The number of nitrogens with two attached hydrogens (primary N) is 1. The minimum absolute atomic E-state index is 0.0170. The van der Waals surface area contributed by atoms with Crippen LogP contribution in [0.3, 0.4) is 0 Å². The highest BCUT2D eigenvalue weighted by Crippen LogP contribution is 2.30. The number of likely N-dealkylation sites (tertiary alicyclic amines) is 1. The molecule has 3 aromatic rings.